The number of carbonyl (C=O) groups excluding carboxylic acids is 1. The molecule has 110 valence electrons. The van der Waals surface area contributed by atoms with Crippen LogP contribution in [0.5, 0.6) is 0 Å². The SMILES string of the molecule is Cc1ccc(C(O)CNC(=O)Nc2ccncc2C)cc1. The molecule has 0 bridgehead atoms. The van der Waals surface area contributed by atoms with E-state index in [9.17, 15) is 9.90 Å². The topological polar surface area (TPSA) is 74.2 Å². The van der Waals surface area contributed by atoms with Gasteiger partial charge < -0.3 is 15.7 Å². The zero-order chi connectivity index (χ0) is 15.2. The molecule has 0 radical (unpaired) electrons. The number of aryl methyl sites for hydroxylation is 2. The lowest BCUT2D eigenvalue weighted by atomic mass is 10.1. The number of rotatable bonds is 4. The number of carbonyl (C=O) groups is 1. The molecule has 1 aromatic carbocycles. The smallest absolute Gasteiger partial charge is 0.319 e. The molecule has 0 fully saturated rings. The first-order chi connectivity index (χ1) is 10.1. The van der Waals surface area contributed by atoms with Crippen molar-refractivity contribution in [2.45, 2.75) is 20.0 Å². The lowest BCUT2D eigenvalue weighted by Gasteiger charge is -2.14. The molecule has 0 aliphatic rings. The van der Waals surface area contributed by atoms with Gasteiger partial charge in [-0.3, -0.25) is 4.98 Å². The maximum absolute atomic E-state index is 11.8. The molecular formula is C16H19N3O2. The van der Waals surface area contributed by atoms with E-state index in [1.165, 1.54) is 0 Å². The molecule has 5 heteroatoms. The van der Waals surface area contributed by atoms with Crippen LogP contribution in [0, 0.1) is 13.8 Å². The molecule has 2 aromatic rings. The zero-order valence-electron chi connectivity index (χ0n) is 12.1. The Kier molecular flexibility index (Phi) is 4.90. The van der Waals surface area contributed by atoms with Crippen LogP contribution in [-0.2, 0) is 0 Å². The molecule has 1 unspecified atom stereocenters. The maximum atomic E-state index is 11.8. The van der Waals surface area contributed by atoms with E-state index < -0.39 is 6.10 Å². The van der Waals surface area contributed by atoms with Gasteiger partial charge in [0.05, 0.1) is 6.10 Å². The number of hydrogen-bond acceptors (Lipinski definition) is 3. The van der Waals surface area contributed by atoms with E-state index >= 15 is 0 Å². The first kappa shape index (κ1) is 15.0. The third-order valence-electron chi connectivity index (χ3n) is 3.19. The first-order valence-corrected chi connectivity index (χ1v) is 6.76. The highest BCUT2D eigenvalue weighted by Gasteiger charge is 2.10. The fourth-order valence-corrected chi connectivity index (χ4v) is 1.88. The number of amides is 2. The molecule has 1 atom stereocenters. The Hall–Kier alpha value is -2.40. The van der Waals surface area contributed by atoms with E-state index in [1.54, 1.807) is 18.5 Å². The number of nitrogens with one attached hydrogen (secondary N) is 2. The summed E-state index contributed by atoms with van der Waals surface area (Å²) in [6.45, 7) is 4.00. The Bertz CT molecular complexity index is 611. The van der Waals surface area contributed by atoms with Crippen molar-refractivity contribution < 1.29 is 9.90 Å². The molecule has 0 aliphatic carbocycles. The molecule has 5 nitrogen and oxygen atoms in total. The van der Waals surface area contributed by atoms with Gasteiger partial charge in [0, 0.05) is 24.6 Å². The summed E-state index contributed by atoms with van der Waals surface area (Å²) in [6.07, 6.45) is 2.57. The van der Waals surface area contributed by atoms with Crippen LogP contribution in [0.25, 0.3) is 0 Å². The van der Waals surface area contributed by atoms with E-state index in [-0.39, 0.29) is 12.6 Å². The van der Waals surface area contributed by atoms with Crippen molar-refractivity contribution in [2.75, 3.05) is 11.9 Å². The third-order valence-corrected chi connectivity index (χ3v) is 3.19. The summed E-state index contributed by atoms with van der Waals surface area (Å²) in [4.78, 5) is 15.8. The number of aliphatic hydroxyl groups is 1. The van der Waals surface area contributed by atoms with Gasteiger partial charge in [-0.1, -0.05) is 29.8 Å². The minimum absolute atomic E-state index is 0.152. The largest absolute Gasteiger partial charge is 0.387 e. The van der Waals surface area contributed by atoms with Gasteiger partial charge in [0.2, 0.25) is 0 Å². The van der Waals surface area contributed by atoms with Crippen molar-refractivity contribution in [3.63, 3.8) is 0 Å². The van der Waals surface area contributed by atoms with E-state index in [4.69, 9.17) is 0 Å². The zero-order valence-corrected chi connectivity index (χ0v) is 12.1. The molecule has 1 heterocycles. The number of aliphatic hydroxyl groups excluding tert-OH is 1. The van der Waals surface area contributed by atoms with Crippen LogP contribution < -0.4 is 10.6 Å². The highest BCUT2D eigenvalue weighted by atomic mass is 16.3. The molecule has 21 heavy (non-hydrogen) atoms. The van der Waals surface area contributed by atoms with E-state index in [2.05, 4.69) is 15.6 Å². The number of hydrogen-bond donors (Lipinski definition) is 3. The lowest BCUT2D eigenvalue weighted by molar-refractivity contribution is 0.175. The average Bonchev–Trinajstić information content (AvgIpc) is 2.48. The quantitative estimate of drug-likeness (QED) is 0.808. The third kappa shape index (κ3) is 4.29. The molecule has 3 N–H and O–H groups in total. The number of nitrogens with zero attached hydrogens (tertiary/aromatic N) is 1. The molecule has 0 spiro atoms. The van der Waals surface area contributed by atoms with E-state index in [1.807, 2.05) is 38.1 Å². The molecule has 0 saturated heterocycles. The lowest BCUT2D eigenvalue weighted by Crippen LogP contribution is -2.32. The minimum Gasteiger partial charge on any atom is -0.387 e. The summed E-state index contributed by atoms with van der Waals surface area (Å²) in [5.41, 5.74) is 3.49. The van der Waals surface area contributed by atoms with Crippen molar-refractivity contribution in [3.8, 4) is 0 Å². The van der Waals surface area contributed by atoms with Crippen molar-refractivity contribution >= 4 is 11.7 Å². The van der Waals surface area contributed by atoms with Crippen LogP contribution in [0.3, 0.4) is 0 Å². The fourth-order valence-electron chi connectivity index (χ4n) is 1.88. The number of aromatic nitrogens is 1. The molecule has 0 saturated carbocycles. The molecule has 0 aliphatic heterocycles. The minimum atomic E-state index is -0.727. The predicted molar refractivity (Wildman–Crippen MR) is 82.1 cm³/mol. The average molecular weight is 285 g/mol. The van der Waals surface area contributed by atoms with Crippen LogP contribution >= 0.6 is 0 Å². The highest BCUT2D eigenvalue weighted by molar-refractivity contribution is 5.89. The van der Waals surface area contributed by atoms with E-state index in [0.717, 1.165) is 16.7 Å². The number of benzene rings is 1. The Labute approximate surface area is 124 Å². The summed E-state index contributed by atoms with van der Waals surface area (Å²) in [5, 5.41) is 15.4. The summed E-state index contributed by atoms with van der Waals surface area (Å²) in [5.74, 6) is 0. The molecule has 2 amide bonds. The number of urea groups is 1. The first-order valence-electron chi connectivity index (χ1n) is 6.76. The van der Waals surface area contributed by atoms with Crippen LogP contribution in [0.15, 0.2) is 42.7 Å². The predicted octanol–water partition coefficient (Wildman–Crippen LogP) is 2.55. The van der Waals surface area contributed by atoms with Crippen molar-refractivity contribution in [1.29, 1.82) is 0 Å². The Morgan fingerprint density at radius 2 is 1.95 bits per heavy atom. The molecule has 1 aromatic heterocycles. The second-order valence-electron chi connectivity index (χ2n) is 4.95. The molecular weight excluding hydrogens is 266 g/mol. The number of pyridine rings is 1. The van der Waals surface area contributed by atoms with Crippen LogP contribution in [0.2, 0.25) is 0 Å². The van der Waals surface area contributed by atoms with Gasteiger partial charge in [-0.15, -0.1) is 0 Å². The Balaban J connectivity index is 1.86. The van der Waals surface area contributed by atoms with Gasteiger partial charge in [0.1, 0.15) is 0 Å². The van der Waals surface area contributed by atoms with Crippen LogP contribution in [0.1, 0.15) is 22.8 Å². The van der Waals surface area contributed by atoms with Crippen molar-refractivity contribution in [1.82, 2.24) is 10.3 Å². The van der Waals surface area contributed by atoms with Gasteiger partial charge in [-0.2, -0.15) is 0 Å². The summed E-state index contributed by atoms with van der Waals surface area (Å²) < 4.78 is 0. The van der Waals surface area contributed by atoms with E-state index in [0.29, 0.717) is 5.69 Å². The summed E-state index contributed by atoms with van der Waals surface area (Å²) in [6, 6.07) is 8.94. The normalized spacial score (nSPS) is 11.8. The van der Waals surface area contributed by atoms with Gasteiger partial charge in [-0.25, -0.2) is 4.79 Å². The van der Waals surface area contributed by atoms with Gasteiger partial charge in [-0.05, 0) is 31.0 Å². The second-order valence-corrected chi connectivity index (χ2v) is 4.95. The monoisotopic (exact) mass is 285 g/mol. The highest BCUT2D eigenvalue weighted by Crippen LogP contribution is 2.13. The van der Waals surface area contributed by atoms with Crippen molar-refractivity contribution in [2.24, 2.45) is 0 Å². The van der Waals surface area contributed by atoms with Crippen LogP contribution in [0.4, 0.5) is 10.5 Å². The fraction of sp³-hybridized carbons (Fsp3) is 0.250. The Morgan fingerprint density at radius 1 is 1.24 bits per heavy atom. The summed E-state index contributed by atoms with van der Waals surface area (Å²) in [7, 11) is 0. The van der Waals surface area contributed by atoms with Gasteiger partial charge >= 0.3 is 6.03 Å². The Morgan fingerprint density at radius 3 is 2.62 bits per heavy atom. The van der Waals surface area contributed by atoms with Gasteiger partial charge in [0.15, 0.2) is 0 Å². The van der Waals surface area contributed by atoms with Crippen molar-refractivity contribution in [3.05, 3.63) is 59.4 Å². The maximum Gasteiger partial charge on any atom is 0.319 e. The van der Waals surface area contributed by atoms with Gasteiger partial charge in [0.25, 0.3) is 0 Å². The second kappa shape index (κ2) is 6.85. The van der Waals surface area contributed by atoms with Crippen LogP contribution in [-0.4, -0.2) is 22.7 Å². The molecule has 2 rings (SSSR count). The number of anilines is 1. The summed E-state index contributed by atoms with van der Waals surface area (Å²) >= 11 is 0. The standard InChI is InChI=1S/C16H19N3O2/c1-11-3-5-13(6-4-11)15(20)10-18-16(21)19-14-7-8-17-9-12(14)2/h3-9,15,20H,10H2,1-2H3,(H2,17,18,19,21).